The quantitative estimate of drug-likeness (QED) is 0.620. The first-order valence-electron chi connectivity index (χ1n) is 7.23. The van der Waals surface area contributed by atoms with Crippen molar-refractivity contribution in [1.29, 1.82) is 0 Å². The van der Waals surface area contributed by atoms with Gasteiger partial charge >= 0.3 is 12.0 Å². The van der Waals surface area contributed by atoms with Crippen LogP contribution in [0.15, 0.2) is 5.38 Å². The van der Waals surface area contributed by atoms with Gasteiger partial charge in [-0.05, 0) is 19.3 Å². The van der Waals surface area contributed by atoms with E-state index >= 15 is 0 Å². The van der Waals surface area contributed by atoms with Crippen LogP contribution in [-0.4, -0.2) is 41.6 Å². The number of amides is 2. The molecule has 7 heteroatoms. The molecular formula is C14H21N3O3S. The molecule has 0 unspecified atom stereocenters. The lowest BCUT2D eigenvalue weighted by molar-refractivity contribution is 0.0594. The summed E-state index contributed by atoms with van der Waals surface area (Å²) >= 11 is 1.38. The molecule has 1 saturated carbocycles. The van der Waals surface area contributed by atoms with Crippen LogP contribution in [0.3, 0.4) is 0 Å². The highest BCUT2D eigenvalue weighted by Gasteiger charge is 2.33. The molecule has 0 radical (unpaired) electrons. The van der Waals surface area contributed by atoms with Gasteiger partial charge in [-0.3, -0.25) is 0 Å². The zero-order valence-corrected chi connectivity index (χ0v) is 13.2. The summed E-state index contributed by atoms with van der Waals surface area (Å²) in [4.78, 5) is 29.6. The number of hydrogen-bond acceptors (Lipinski definition) is 5. The van der Waals surface area contributed by atoms with Gasteiger partial charge in [0.2, 0.25) is 0 Å². The van der Waals surface area contributed by atoms with Crippen LogP contribution in [0.2, 0.25) is 0 Å². The number of aromatic nitrogens is 1. The minimum Gasteiger partial charge on any atom is -0.464 e. The van der Waals surface area contributed by atoms with E-state index in [-0.39, 0.29) is 6.03 Å². The average Bonchev–Trinajstić information content (AvgIpc) is 3.22. The van der Waals surface area contributed by atoms with Crippen molar-refractivity contribution < 1.29 is 14.3 Å². The number of methoxy groups -OCH3 is 1. The van der Waals surface area contributed by atoms with Crippen molar-refractivity contribution in [3.63, 3.8) is 0 Å². The number of carbonyl (C=O) groups excluding carboxylic acids is 2. The summed E-state index contributed by atoms with van der Waals surface area (Å²) < 4.78 is 4.64. The number of rotatable bonds is 7. The maximum absolute atomic E-state index is 12.2. The fourth-order valence-corrected chi connectivity index (χ4v) is 2.72. The molecule has 0 saturated heterocycles. The van der Waals surface area contributed by atoms with Crippen LogP contribution in [0.25, 0.3) is 0 Å². The Morgan fingerprint density at radius 3 is 2.90 bits per heavy atom. The van der Waals surface area contributed by atoms with Gasteiger partial charge < -0.3 is 15.0 Å². The third-order valence-electron chi connectivity index (χ3n) is 3.31. The average molecular weight is 311 g/mol. The molecule has 1 aromatic rings. The highest BCUT2D eigenvalue weighted by atomic mass is 32.1. The molecule has 1 N–H and O–H groups in total. The Kier molecular flexibility index (Phi) is 5.55. The number of hydrogen-bond donors (Lipinski definition) is 1. The zero-order chi connectivity index (χ0) is 15.2. The number of nitrogens with zero attached hydrogens (tertiary/aromatic N) is 2. The Morgan fingerprint density at radius 1 is 1.52 bits per heavy atom. The second kappa shape index (κ2) is 7.40. The number of thiazole rings is 1. The van der Waals surface area contributed by atoms with Gasteiger partial charge in [-0.1, -0.05) is 13.3 Å². The number of ether oxygens (including phenoxy) is 1. The summed E-state index contributed by atoms with van der Waals surface area (Å²) in [5, 5.41) is 5.36. The van der Waals surface area contributed by atoms with Gasteiger partial charge in [0.1, 0.15) is 5.01 Å². The summed E-state index contributed by atoms with van der Waals surface area (Å²) in [6.07, 6.45) is 4.11. The number of urea groups is 1. The molecule has 1 aliphatic rings. The van der Waals surface area contributed by atoms with Gasteiger partial charge in [0.05, 0.1) is 13.7 Å². The van der Waals surface area contributed by atoms with Crippen LogP contribution in [0.5, 0.6) is 0 Å². The Hall–Kier alpha value is -1.63. The lowest BCUT2D eigenvalue weighted by Crippen LogP contribution is -2.41. The third-order valence-corrected chi connectivity index (χ3v) is 4.14. The smallest absolute Gasteiger partial charge is 0.357 e. The highest BCUT2D eigenvalue weighted by molar-refractivity contribution is 7.09. The van der Waals surface area contributed by atoms with Gasteiger partial charge in [-0.2, -0.15) is 0 Å². The topological polar surface area (TPSA) is 71.5 Å². The van der Waals surface area contributed by atoms with E-state index in [2.05, 4.69) is 22.0 Å². The molecule has 1 heterocycles. The molecule has 0 atom stereocenters. The molecule has 0 bridgehead atoms. The normalized spacial score (nSPS) is 13.8. The molecule has 2 amide bonds. The number of nitrogens with one attached hydrogen (secondary N) is 1. The molecule has 1 fully saturated rings. The first-order chi connectivity index (χ1) is 10.2. The third kappa shape index (κ3) is 4.42. The van der Waals surface area contributed by atoms with Crippen LogP contribution < -0.4 is 5.32 Å². The molecule has 0 spiro atoms. The Bertz CT molecular complexity index is 499. The minimum absolute atomic E-state index is 0.0410. The van der Waals surface area contributed by atoms with Crippen LogP contribution in [0.1, 0.15) is 48.1 Å². The Labute approximate surface area is 128 Å². The molecule has 6 nitrogen and oxygen atoms in total. The minimum atomic E-state index is -0.442. The van der Waals surface area contributed by atoms with Crippen molar-refractivity contribution in [2.45, 2.75) is 45.2 Å². The predicted molar refractivity (Wildman–Crippen MR) is 80.3 cm³/mol. The van der Waals surface area contributed by atoms with Gasteiger partial charge in [0, 0.05) is 18.0 Å². The van der Waals surface area contributed by atoms with E-state index in [1.54, 1.807) is 5.38 Å². The van der Waals surface area contributed by atoms with Gasteiger partial charge in [-0.25, -0.2) is 14.6 Å². The van der Waals surface area contributed by atoms with E-state index in [1.165, 1.54) is 18.4 Å². The number of unbranched alkanes of at least 4 members (excludes halogenated alkanes) is 1. The van der Waals surface area contributed by atoms with Crippen molar-refractivity contribution in [1.82, 2.24) is 15.2 Å². The van der Waals surface area contributed by atoms with Crippen LogP contribution >= 0.6 is 11.3 Å². The molecule has 2 rings (SSSR count). The molecule has 0 aromatic carbocycles. The zero-order valence-electron chi connectivity index (χ0n) is 12.4. The van der Waals surface area contributed by atoms with Crippen LogP contribution in [0.4, 0.5) is 4.79 Å². The van der Waals surface area contributed by atoms with E-state index in [0.29, 0.717) is 24.8 Å². The van der Waals surface area contributed by atoms with Gasteiger partial charge in [0.15, 0.2) is 5.69 Å². The Morgan fingerprint density at radius 2 is 2.29 bits per heavy atom. The number of carbonyl (C=O) groups is 2. The first-order valence-corrected chi connectivity index (χ1v) is 8.10. The molecule has 1 aromatic heterocycles. The lowest BCUT2D eigenvalue weighted by Gasteiger charge is -2.21. The summed E-state index contributed by atoms with van der Waals surface area (Å²) in [5.74, 6) is -0.442. The van der Waals surface area contributed by atoms with Crippen molar-refractivity contribution >= 4 is 23.3 Å². The SMILES string of the molecule is CCCCNC(=O)N(Cc1nc(C(=O)OC)cs1)C1CC1. The van der Waals surface area contributed by atoms with Crippen LogP contribution in [-0.2, 0) is 11.3 Å². The Balaban J connectivity index is 1.94. The van der Waals surface area contributed by atoms with Crippen LogP contribution in [0, 0.1) is 0 Å². The van der Waals surface area contributed by atoms with Crippen molar-refractivity contribution in [3.8, 4) is 0 Å². The summed E-state index contributed by atoms with van der Waals surface area (Å²) in [7, 11) is 1.33. The predicted octanol–water partition coefficient (Wildman–Crippen LogP) is 2.40. The summed E-state index contributed by atoms with van der Waals surface area (Å²) in [5.41, 5.74) is 0.305. The highest BCUT2D eigenvalue weighted by Crippen LogP contribution is 2.29. The molecule has 116 valence electrons. The fourth-order valence-electron chi connectivity index (χ4n) is 1.95. The van der Waals surface area contributed by atoms with E-state index < -0.39 is 5.97 Å². The monoisotopic (exact) mass is 311 g/mol. The number of esters is 1. The maximum Gasteiger partial charge on any atom is 0.357 e. The first kappa shape index (κ1) is 15.8. The van der Waals surface area contributed by atoms with Crippen molar-refractivity contribution in [3.05, 3.63) is 16.1 Å². The summed E-state index contributed by atoms with van der Waals surface area (Å²) in [6, 6.07) is 0.262. The molecule has 1 aliphatic carbocycles. The molecule has 21 heavy (non-hydrogen) atoms. The molecular weight excluding hydrogens is 290 g/mol. The van der Waals surface area contributed by atoms with E-state index in [4.69, 9.17) is 0 Å². The van der Waals surface area contributed by atoms with E-state index in [9.17, 15) is 9.59 Å². The standard InChI is InChI=1S/C14H21N3O3S/c1-3-4-7-15-14(19)17(10-5-6-10)8-12-16-11(9-21-12)13(18)20-2/h9-10H,3-8H2,1-2H3,(H,15,19). The van der Waals surface area contributed by atoms with Crippen molar-refractivity contribution in [2.75, 3.05) is 13.7 Å². The van der Waals surface area contributed by atoms with Crippen molar-refractivity contribution in [2.24, 2.45) is 0 Å². The van der Waals surface area contributed by atoms with E-state index in [1.807, 2.05) is 4.90 Å². The second-order valence-electron chi connectivity index (χ2n) is 5.06. The van der Waals surface area contributed by atoms with Gasteiger partial charge in [0.25, 0.3) is 0 Å². The molecule has 0 aliphatic heterocycles. The second-order valence-corrected chi connectivity index (χ2v) is 6.01. The fraction of sp³-hybridized carbons (Fsp3) is 0.643. The maximum atomic E-state index is 12.2. The summed E-state index contributed by atoms with van der Waals surface area (Å²) in [6.45, 7) is 3.24. The van der Waals surface area contributed by atoms with Gasteiger partial charge in [-0.15, -0.1) is 11.3 Å². The lowest BCUT2D eigenvalue weighted by atomic mass is 10.3. The van der Waals surface area contributed by atoms with E-state index in [0.717, 1.165) is 30.7 Å². The largest absolute Gasteiger partial charge is 0.464 e.